The molecule has 2 heteroatoms. The number of unbranched alkanes of at least 4 members (excludes halogenated alkanes) is 8. The Morgan fingerprint density at radius 3 is 1.38 bits per heavy atom. The highest BCUT2D eigenvalue weighted by Crippen LogP contribution is 2.10. The molecule has 0 spiro atoms. The van der Waals surface area contributed by atoms with Crippen molar-refractivity contribution >= 4 is 10.2 Å². The van der Waals surface area contributed by atoms with E-state index < -0.39 is 0 Å². The van der Waals surface area contributed by atoms with Crippen LogP contribution in [-0.4, -0.2) is 42.4 Å². The maximum absolute atomic E-state index is 2.29. The van der Waals surface area contributed by atoms with E-state index in [1.165, 1.54) is 80.6 Å². The zero-order chi connectivity index (χ0) is 12.3. The Kier molecular flexibility index (Phi) is 10.5. The number of rotatable bonds is 11. The minimum absolute atomic E-state index is 1.13. The fourth-order valence-corrected chi connectivity index (χ4v) is 2.57. The molecule has 0 aliphatic carbocycles. The highest BCUT2D eigenvalue weighted by atomic mass is 28.1. The van der Waals surface area contributed by atoms with Crippen LogP contribution in [-0.2, 0) is 0 Å². The molecule has 0 unspecified atom stereocenters. The molecule has 0 bridgehead atoms. The van der Waals surface area contributed by atoms with E-state index in [0.29, 0.717) is 0 Å². The van der Waals surface area contributed by atoms with Crippen LogP contribution in [0.2, 0.25) is 6.04 Å². The van der Waals surface area contributed by atoms with Crippen molar-refractivity contribution in [1.29, 1.82) is 0 Å². The van der Waals surface area contributed by atoms with Crippen molar-refractivity contribution in [3.63, 3.8) is 0 Å². The van der Waals surface area contributed by atoms with E-state index in [2.05, 4.69) is 21.1 Å². The molecule has 0 fully saturated rings. The molecule has 1 nitrogen and oxygen atoms in total. The van der Waals surface area contributed by atoms with E-state index in [4.69, 9.17) is 0 Å². The average Bonchev–Trinajstić information content (AvgIpc) is 2.19. The van der Waals surface area contributed by atoms with Gasteiger partial charge in [0.05, 0.1) is 27.7 Å². The molecule has 0 aromatic heterocycles. The number of quaternary nitrogens is 1. The van der Waals surface area contributed by atoms with Crippen molar-refractivity contribution in [1.82, 2.24) is 0 Å². The van der Waals surface area contributed by atoms with Gasteiger partial charge < -0.3 is 4.48 Å². The van der Waals surface area contributed by atoms with Crippen molar-refractivity contribution in [2.75, 3.05) is 27.7 Å². The Bertz CT molecular complexity index is 140. The molecule has 0 aromatic rings. The molecule has 0 saturated carbocycles. The normalized spacial score (nSPS) is 12.2. The fraction of sp³-hybridized carbons (Fsp3) is 1.00. The summed E-state index contributed by atoms with van der Waals surface area (Å²) in [6.07, 6.45) is 13.2. The van der Waals surface area contributed by atoms with Crippen molar-refractivity contribution < 1.29 is 4.48 Å². The van der Waals surface area contributed by atoms with E-state index >= 15 is 0 Å². The second-order valence-electron chi connectivity index (χ2n) is 6.20. The second kappa shape index (κ2) is 10.3. The Hall–Kier alpha value is 0.177. The Morgan fingerprint density at radius 1 is 0.625 bits per heavy atom. The molecular formula is C14H34NSi+. The molecule has 0 rings (SSSR count). The summed E-state index contributed by atoms with van der Waals surface area (Å²) in [5.74, 6) is 0. The molecule has 0 atom stereocenters. The topological polar surface area (TPSA) is 0 Å². The molecule has 0 aliphatic rings. The average molecular weight is 245 g/mol. The van der Waals surface area contributed by atoms with Crippen LogP contribution < -0.4 is 0 Å². The van der Waals surface area contributed by atoms with Gasteiger partial charge in [0.2, 0.25) is 0 Å². The lowest BCUT2D eigenvalue weighted by Crippen LogP contribution is -2.35. The molecule has 0 saturated heterocycles. The van der Waals surface area contributed by atoms with Crippen LogP contribution in [0.3, 0.4) is 0 Å². The summed E-state index contributed by atoms with van der Waals surface area (Å²) in [5, 5.41) is 0. The van der Waals surface area contributed by atoms with E-state index in [1.807, 2.05) is 0 Å². The van der Waals surface area contributed by atoms with Crippen LogP contribution in [0, 0.1) is 0 Å². The Labute approximate surface area is 107 Å². The quantitative estimate of drug-likeness (QED) is 0.298. The van der Waals surface area contributed by atoms with Crippen molar-refractivity contribution in [3.8, 4) is 0 Å². The largest absolute Gasteiger partial charge is 0.331 e. The molecule has 0 aliphatic heterocycles. The Morgan fingerprint density at radius 2 is 1.00 bits per heavy atom. The minimum Gasteiger partial charge on any atom is -0.331 e. The van der Waals surface area contributed by atoms with Gasteiger partial charge in [-0.25, -0.2) is 0 Å². The first-order valence-corrected chi connectivity index (χ1v) is 8.78. The molecule has 98 valence electrons. The SMILES string of the molecule is C[N+](C)(C)CCCCCCCCCCC[SiH3]. The molecule has 0 radical (unpaired) electrons. The van der Waals surface area contributed by atoms with Gasteiger partial charge in [-0.1, -0.05) is 51.0 Å². The van der Waals surface area contributed by atoms with Crippen LogP contribution >= 0.6 is 0 Å². The predicted octanol–water partition coefficient (Wildman–Crippen LogP) is 2.99. The fourth-order valence-electron chi connectivity index (χ4n) is 2.07. The molecule has 0 N–H and O–H groups in total. The third kappa shape index (κ3) is 14.2. The van der Waals surface area contributed by atoms with Gasteiger partial charge in [-0.3, -0.25) is 0 Å². The van der Waals surface area contributed by atoms with Crippen LogP contribution in [0.4, 0.5) is 0 Å². The van der Waals surface area contributed by atoms with E-state index in [9.17, 15) is 0 Å². The van der Waals surface area contributed by atoms with Crippen LogP contribution in [0.5, 0.6) is 0 Å². The lowest BCUT2D eigenvalue weighted by atomic mass is 10.1. The molecule has 0 amide bonds. The molecule has 0 aromatic carbocycles. The maximum Gasteiger partial charge on any atom is 0.0780 e. The maximum atomic E-state index is 2.29. The van der Waals surface area contributed by atoms with Gasteiger partial charge in [0.25, 0.3) is 0 Å². The van der Waals surface area contributed by atoms with Crippen molar-refractivity contribution in [2.24, 2.45) is 0 Å². The number of hydrogen-bond acceptors (Lipinski definition) is 0. The Balaban J connectivity index is 2.99. The van der Waals surface area contributed by atoms with E-state index in [1.54, 1.807) is 0 Å². The second-order valence-corrected chi connectivity index (χ2v) is 7.20. The third-order valence-corrected chi connectivity index (χ3v) is 3.89. The third-order valence-electron chi connectivity index (χ3n) is 3.18. The van der Waals surface area contributed by atoms with Crippen molar-refractivity contribution in [2.45, 2.75) is 63.8 Å². The molecule has 0 heterocycles. The van der Waals surface area contributed by atoms with Gasteiger partial charge in [0.1, 0.15) is 0 Å². The molecular weight excluding hydrogens is 210 g/mol. The summed E-state index contributed by atoms with van der Waals surface area (Å²) in [6, 6.07) is 1.51. The number of nitrogens with zero attached hydrogens (tertiary/aromatic N) is 1. The van der Waals surface area contributed by atoms with Gasteiger partial charge in [-0.05, 0) is 12.8 Å². The summed E-state index contributed by atoms with van der Waals surface area (Å²) in [6.45, 7) is 1.33. The summed E-state index contributed by atoms with van der Waals surface area (Å²) in [5.41, 5.74) is 0. The first-order chi connectivity index (χ1) is 7.56. The van der Waals surface area contributed by atoms with Crippen molar-refractivity contribution in [3.05, 3.63) is 0 Å². The first kappa shape index (κ1) is 16.2. The van der Waals surface area contributed by atoms with Gasteiger partial charge >= 0.3 is 0 Å². The highest BCUT2D eigenvalue weighted by Gasteiger charge is 2.04. The van der Waals surface area contributed by atoms with Gasteiger partial charge in [0.15, 0.2) is 0 Å². The zero-order valence-electron chi connectivity index (χ0n) is 12.2. The minimum atomic E-state index is 1.13. The van der Waals surface area contributed by atoms with Gasteiger partial charge in [-0.15, -0.1) is 0 Å². The zero-order valence-corrected chi connectivity index (χ0v) is 14.2. The monoisotopic (exact) mass is 244 g/mol. The number of hydrogen-bond donors (Lipinski definition) is 0. The highest BCUT2D eigenvalue weighted by molar-refractivity contribution is 6.08. The van der Waals surface area contributed by atoms with E-state index in [0.717, 1.165) is 4.48 Å². The summed E-state index contributed by atoms with van der Waals surface area (Å²) >= 11 is 0. The molecule has 16 heavy (non-hydrogen) atoms. The van der Waals surface area contributed by atoms with Crippen LogP contribution in [0.15, 0.2) is 0 Å². The van der Waals surface area contributed by atoms with E-state index in [-0.39, 0.29) is 0 Å². The van der Waals surface area contributed by atoms with Crippen LogP contribution in [0.25, 0.3) is 0 Å². The summed E-state index contributed by atoms with van der Waals surface area (Å²) in [7, 11) is 8.27. The van der Waals surface area contributed by atoms with Gasteiger partial charge in [0, 0.05) is 10.2 Å². The van der Waals surface area contributed by atoms with Gasteiger partial charge in [-0.2, -0.15) is 0 Å². The predicted molar refractivity (Wildman–Crippen MR) is 79.2 cm³/mol. The standard InChI is InChI=1S/C14H34NSi/c1-15(2,3)13-11-9-7-5-4-6-8-10-12-14-16/h4-14H2,1-3,16H3/q+1. The summed E-state index contributed by atoms with van der Waals surface area (Å²) in [4.78, 5) is 0. The lowest BCUT2D eigenvalue weighted by Gasteiger charge is -2.23. The smallest absolute Gasteiger partial charge is 0.0780 e. The van der Waals surface area contributed by atoms with Crippen LogP contribution in [0.1, 0.15) is 57.8 Å². The first-order valence-electron chi connectivity index (χ1n) is 7.36. The lowest BCUT2D eigenvalue weighted by molar-refractivity contribution is -0.870. The summed E-state index contributed by atoms with van der Waals surface area (Å²) < 4.78 is 1.13.